The van der Waals surface area contributed by atoms with Gasteiger partial charge in [0.25, 0.3) is 0 Å². The summed E-state index contributed by atoms with van der Waals surface area (Å²) in [5, 5.41) is 15.0. The van der Waals surface area contributed by atoms with Crippen LogP contribution in [-0.2, 0) is 6.42 Å². The summed E-state index contributed by atoms with van der Waals surface area (Å²) in [6.45, 7) is 1.81. The average Bonchev–Trinajstić information content (AvgIpc) is 2.97. The summed E-state index contributed by atoms with van der Waals surface area (Å²) in [5.41, 5.74) is 1.81. The predicted molar refractivity (Wildman–Crippen MR) is 87.8 cm³/mol. The molecule has 0 aliphatic rings. The van der Waals surface area contributed by atoms with Gasteiger partial charge in [-0.25, -0.2) is 9.67 Å². The fourth-order valence-corrected chi connectivity index (χ4v) is 2.56. The van der Waals surface area contributed by atoms with Crippen LogP contribution in [-0.4, -0.2) is 27.0 Å². The van der Waals surface area contributed by atoms with Crippen molar-refractivity contribution in [3.05, 3.63) is 71.8 Å². The molecule has 1 unspecified atom stereocenters. The molecule has 0 radical (unpaired) electrons. The second kappa shape index (κ2) is 6.62. The van der Waals surface area contributed by atoms with Crippen LogP contribution in [0.25, 0.3) is 5.69 Å². The van der Waals surface area contributed by atoms with E-state index < -0.39 is 6.10 Å². The maximum absolute atomic E-state index is 10.6. The lowest BCUT2D eigenvalue weighted by molar-refractivity contribution is 0.165. The number of rotatable bonds is 5. The first-order chi connectivity index (χ1) is 11.2. The third-order valence-electron chi connectivity index (χ3n) is 3.62. The van der Waals surface area contributed by atoms with Gasteiger partial charge < -0.3 is 9.84 Å². The van der Waals surface area contributed by atoms with E-state index in [-0.39, 0.29) is 0 Å². The lowest BCUT2D eigenvalue weighted by atomic mass is 10.1. The zero-order valence-electron chi connectivity index (χ0n) is 13.2. The summed E-state index contributed by atoms with van der Waals surface area (Å²) in [7, 11) is 1.61. The molecule has 1 aromatic heterocycles. The number of benzene rings is 2. The van der Waals surface area contributed by atoms with Crippen molar-refractivity contribution in [2.75, 3.05) is 7.11 Å². The Labute approximate surface area is 135 Å². The molecule has 0 saturated heterocycles. The van der Waals surface area contributed by atoms with Gasteiger partial charge in [0.2, 0.25) is 0 Å². The minimum Gasteiger partial charge on any atom is -0.494 e. The highest BCUT2D eigenvalue weighted by atomic mass is 16.5. The van der Waals surface area contributed by atoms with Crippen LogP contribution >= 0.6 is 0 Å². The van der Waals surface area contributed by atoms with E-state index in [1.165, 1.54) is 0 Å². The topological polar surface area (TPSA) is 60.2 Å². The van der Waals surface area contributed by atoms with E-state index in [0.717, 1.165) is 11.3 Å². The molecule has 0 spiro atoms. The molecule has 3 aromatic rings. The number of nitrogens with zero attached hydrogens (tertiary/aromatic N) is 3. The highest BCUT2D eigenvalue weighted by molar-refractivity contribution is 5.46. The maximum Gasteiger partial charge on any atom is 0.161 e. The molecule has 3 rings (SSSR count). The number of aryl methyl sites for hydroxylation is 1. The van der Waals surface area contributed by atoms with Gasteiger partial charge in [0.05, 0.1) is 7.11 Å². The van der Waals surface area contributed by atoms with Crippen LogP contribution in [0, 0.1) is 6.92 Å². The lowest BCUT2D eigenvalue weighted by Crippen LogP contribution is -2.11. The largest absolute Gasteiger partial charge is 0.494 e. The Morgan fingerprint density at radius 2 is 1.78 bits per heavy atom. The zero-order valence-corrected chi connectivity index (χ0v) is 13.2. The van der Waals surface area contributed by atoms with Gasteiger partial charge in [-0.1, -0.05) is 42.5 Å². The van der Waals surface area contributed by atoms with E-state index in [9.17, 15) is 5.11 Å². The van der Waals surface area contributed by atoms with E-state index in [1.807, 2.05) is 61.5 Å². The third kappa shape index (κ3) is 3.24. The van der Waals surface area contributed by atoms with Crippen molar-refractivity contribution in [2.45, 2.75) is 19.4 Å². The minimum atomic E-state index is -0.747. The Morgan fingerprint density at radius 1 is 1.09 bits per heavy atom. The quantitative estimate of drug-likeness (QED) is 0.787. The average molecular weight is 309 g/mol. The molecule has 1 heterocycles. The highest BCUT2D eigenvalue weighted by Gasteiger charge is 2.20. The molecular weight excluding hydrogens is 290 g/mol. The van der Waals surface area contributed by atoms with Gasteiger partial charge in [0.15, 0.2) is 5.82 Å². The third-order valence-corrected chi connectivity index (χ3v) is 3.62. The van der Waals surface area contributed by atoms with Crippen molar-refractivity contribution in [3.63, 3.8) is 0 Å². The van der Waals surface area contributed by atoms with Gasteiger partial charge in [0, 0.05) is 6.42 Å². The van der Waals surface area contributed by atoms with Crippen LogP contribution in [0.3, 0.4) is 0 Å². The lowest BCUT2D eigenvalue weighted by Gasteiger charge is -2.14. The number of para-hydroxylation sites is 2. The first-order valence-corrected chi connectivity index (χ1v) is 7.48. The van der Waals surface area contributed by atoms with Gasteiger partial charge in [-0.2, -0.15) is 5.10 Å². The minimum absolute atomic E-state index is 0.480. The molecule has 1 atom stereocenters. The Kier molecular flexibility index (Phi) is 4.39. The standard InChI is InChI=1S/C18H19N3O2/c1-13-19-18(16(22)12-14-8-4-3-5-9-14)21(20-13)15-10-6-7-11-17(15)23-2/h3-11,16,22H,12H2,1-2H3. The van der Waals surface area contributed by atoms with Crippen molar-refractivity contribution in [2.24, 2.45) is 0 Å². The second-order valence-electron chi connectivity index (χ2n) is 5.31. The molecule has 2 aromatic carbocycles. The molecule has 118 valence electrons. The first-order valence-electron chi connectivity index (χ1n) is 7.48. The number of aromatic nitrogens is 3. The van der Waals surface area contributed by atoms with E-state index >= 15 is 0 Å². The number of hydrogen-bond acceptors (Lipinski definition) is 4. The fourth-order valence-electron chi connectivity index (χ4n) is 2.56. The Hall–Kier alpha value is -2.66. The molecular formula is C18H19N3O2. The molecule has 0 amide bonds. The van der Waals surface area contributed by atoms with Gasteiger partial charge in [-0.3, -0.25) is 0 Å². The van der Waals surface area contributed by atoms with E-state index in [4.69, 9.17) is 4.74 Å². The summed E-state index contributed by atoms with van der Waals surface area (Å²) in [6, 6.07) is 17.4. The number of methoxy groups -OCH3 is 1. The molecule has 0 aliphatic carbocycles. The fraction of sp³-hybridized carbons (Fsp3) is 0.222. The molecule has 0 aliphatic heterocycles. The summed E-state index contributed by atoms with van der Waals surface area (Å²) < 4.78 is 7.05. The molecule has 0 saturated carbocycles. The summed E-state index contributed by atoms with van der Waals surface area (Å²) in [5.74, 6) is 1.81. The molecule has 0 bridgehead atoms. The van der Waals surface area contributed by atoms with Crippen molar-refractivity contribution in [3.8, 4) is 11.4 Å². The van der Waals surface area contributed by atoms with Crippen LogP contribution in [0.4, 0.5) is 0 Å². The summed E-state index contributed by atoms with van der Waals surface area (Å²) in [4.78, 5) is 4.40. The number of ether oxygens (including phenoxy) is 1. The molecule has 1 N–H and O–H groups in total. The Bertz CT molecular complexity index is 784. The van der Waals surface area contributed by atoms with Crippen LogP contribution in [0.1, 0.15) is 23.3 Å². The molecule has 5 nitrogen and oxygen atoms in total. The smallest absolute Gasteiger partial charge is 0.161 e. The van der Waals surface area contributed by atoms with Crippen molar-refractivity contribution in [1.29, 1.82) is 0 Å². The van der Waals surface area contributed by atoms with Gasteiger partial charge in [0.1, 0.15) is 23.4 Å². The number of aliphatic hydroxyl groups is 1. The van der Waals surface area contributed by atoms with Crippen LogP contribution in [0.2, 0.25) is 0 Å². The summed E-state index contributed by atoms with van der Waals surface area (Å²) in [6.07, 6.45) is -0.266. The number of hydrogen-bond donors (Lipinski definition) is 1. The van der Waals surface area contributed by atoms with Gasteiger partial charge in [-0.05, 0) is 24.6 Å². The predicted octanol–water partition coefficient (Wildman–Crippen LogP) is 2.86. The highest BCUT2D eigenvalue weighted by Crippen LogP contribution is 2.26. The molecule has 23 heavy (non-hydrogen) atoms. The normalized spacial score (nSPS) is 12.1. The van der Waals surface area contributed by atoms with Gasteiger partial charge >= 0.3 is 0 Å². The SMILES string of the molecule is COc1ccccc1-n1nc(C)nc1C(O)Cc1ccccc1. The van der Waals surface area contributed by atoms with E-state index in [0.29, 0.717) is 23.8 Å². The van der Waals surface area contributed by atoms with Crippen molar-refractivity contribution < 1.29 is 9.84 Å². The Balaban J connectivity index is 1.97. The van der Waals surface area contributed by atoms with Crippen LogP contribution in [0.5, 0.6) is 5.75 Å². The zero-order chi connectivity index (χ0) is 16.2. The molecule has 0 fully saturated rings. The van der Waals surface area contributed by atoms with Gasteiger partial charge in [-0.15, -0.1) is 0 Å². The van der Waals surface area contributed by atoms with Crippen molar-refractivity contribution in [1.82, 2.24) is 14.8 Å². The maximum atomic E-state index is 10.6. The molecule has 5 heteroatoms. The first kappa shape index (κ1) is 15.2. The van der Waals surface area contributed by atoms with E-state index in [2.05, 4.69) is 10.1 Å². The van der Waals surface area contributed by atoms with E-state index in [1.54, 1.807) is 11.8 Å². The number of aliphatic hydroxyl groups excluding tert-OH is 1. The Morgan fingerprint density at radius 3 is 2.52 bits per heavy atom. The summed E-state index contributed by atoms with van der Waals surface area (Å²) >= 11 is 0. The monoisotopic (exact) mass is 309 g/mol. The van der Waals surface area contributed by atoms with Crippen LogP contribution in [0.15, 0.2) is 54.6 Å². The second-order valence-corrected chi connectivity index (χ2v) is 5.31. The van der Waals surface area contributed by atoms with Crippen molar-refractivity contribution >= 4 is 0 Å². The van der Waals surface area contributed by atoms with Crippen LogP contribution < -0.4 is 4.74 Å².